The fourth-order valence-corrected chi connectivity index (χ4v) is 1.04. The van der Waals surface area contributed by atoms with E-state index in [0.29, 0.717) is 18.2 Å². The molecular weight excluding hydrogens is 180 g/mol. The summed E-state index contributed by atoms with van der Waals surface area (Å²) in [6, 6.07) is 7.39. The molecular formula is C10H14N2O2. The van der Waals surface area contributed by atoms with Crippen molar-refractivity contribution in [1.29, 1.82) is 0 Å². The summed E-state index contributed by atoms with van der Waals surface area (Å²) in [5, 5.41) is 3.74. The highest BCUT2D eigenvalue weighted by Crippen LogP contribution is 2.16. The van der Waals surface area contributed by atoms with Crippen LogP contribution in [0.2, 0.25) is 0 Å². The van der Waals surface area contributed by atoms with Crippen LogP contribution >= 0.6 is 0 Å². The van der Waals surface area contributed by atoms with Gasteiger partial charge in [-0.3, -0.25) is 0 Å². The first-order chi connectivity index (χ1) is 6.79. The third-order valence-electron chi connectivity index (χ3n) is 1.67. The summed E-state index contributed by atoms with van der Waals surface area (Å²) in [6.07, 6.45) is 0. The van der Waals surface area contributed by atoms with Gasteiger partial charge in [0.2, 0.25) is 0 Å². The van der Waals surface area contributed by atoms with E-state index in [2.05, 4.69) is 5.16 Å². The van der Waals surface area contributed by atoms with E-state index in [1.165, 1.54) is 0 Å². The summed E-state index contributed by atoms with van der Waals surface area (Å²) in [6.45, 7) is 2.34. The van der Waals surface area contributed by atoms with Crippen LogP contribution in [0.15, 0.2) is 29.4 Å². The number of amidine groups is 1. The summed E-state index contributed by atoms with van der Waals surface area (Å²) in [5.41, 5.74) is 6.44. The van der Waals surface area contributed by atoms with Gasteiger partial charge in [0, 0.05) is 0 Å². The topological polar surface area (TPSA) is 56.8 Å². The summed E-state index contributed by atoms with van der Waals surface area (Å²) >= 11 is 0. The first-order valence-electron chi connectivity index (χ1n) is 4.38. The van der Waals surface area contributed by atoms with Crippen molar-refractivity contribution in [2.45, 2.75) is 6.92 Å². The van der Waals surface area contributed by atoms with Gasteiger partial charge < -0.3 is 15.3 Å². The van der Waals surface area contributed by atoms with Gasteiger partial charge in [-0.25, -0.2) is 0 Å². The number of nitrogens with two attached hydrogens (primary N) is 1. The molecule has 76 valence electrons. The van der Waals surface area contributed by atoms with Crippen LogP contribution in [0, 0.1) is 0 Å². The van der Waals surface area contributed by atoms with Crippen LogP contribution in [-0.2, 0) is 4.84 Å². The van der Waals surface area contributed by atoms with Gasteiger partial charge in [0.25, 0.3) is 0 Å². The molecule has 0 saturated heterocycles. The van der Waals surface area contributed by atoms with Gasteiger partial charge in [-0.2, -0.15) is 0 Å². The number of oxime groups is 1. The molecule has 0 amide bonds. The molecule has 4 nitrogen and oxygen atoms in total. The van der Waals surface area contributed by atoms with Gasteiger partial charge in [0.15, 0.2) is 5.84 Å². The molecule has 14 heavy (non-hydrogen) atoms. The first kappa shape index (κ1) is 10.4. The van der Waals surface area contributed by atoms with Crippen molar-refractivity contribution in [3.05, 3.63) is 29.8 Å². The number of para-hydroxylation sites is 1. The van der Waals surface area contributed by atoms with Gasteiger partial charge in [0.05, 0.1) is 12.7 Å². The Bertz CT molecular complexity index is 324. The van der Waals surface area contributed by atoms with E-state index in [1.54, 1.807) is 7.11 Å². The minimum atomic E-state index is 0.323. The zero-order valence-electron chi connectivity index (χ0n) is 8.36. The van der Waals surface area contributed by atoms with Crippen molar-refractivity contribution in [3.63, 3.8) is 0 Å². The Kier molecular flexibility index (Phi) is 3.79. The lowest BCUT2D eigenvalue weighted by Crippen LogP contribution is -2.15. The van der Waals surface area contributed by atoms with Crippen molar-refractivity contribution < 1.29 is 9.57 Å². The van der Waals surface area contributed by atoms with E-state index >= 15 is 0 Å². The number of benzene rings is 1. The van der Waals surface area contributed by atoms with Crippen molar-refractivity contribution in [1.82, 2.24) is 0 Å². The van der Waals surface area contributed by atoms with Gasteiger partial charge in [-0.15, -0.1) is 0 Å². The Hall–Kier alpha value is -1.71. The Morgan fingerprint density at radius 1 is 1.43 bits per heavy atom. The van der Waals surface area contributed by atoms with Crippen LogP contribution < -0.4 is 10.5 Å². The lowest BCUT2D eigenvalue weighted by Gasteiger charge is -2.06. The average Bonchev–Trinajstić information content (AvgIpc) is 2.25. The molecule has 0 heterocycles. The maximum Gasteiger partial charge on any atom is 0.174 e. The van der Waals surface area contributed by atoms with E-state index in [0.717, 1.165) is 5.56 Å². The van der Waals surface area contributed by atoms with E-state index in [1.807, 2.05) is 31.2 Å². The SMILES string of the molecule is CCO/N=C(\N)c1ccccc1OC. The molecule has 0 aliphatic carbocycles. The Labute approximate surface area is 83.3 Å². The smallest absolute Gasteiger partial charge is 0.174 e. The molecule has 0 aromatic heterocycles. The number of nitrogens with zero attached hydrogens (tertiary/aromatic N) is 1. The second-order valence-corrected chi connectivity index (χ2v) is 2.59. The lowest BCUT2D eigenvalue weighted by atomic mass is 10.2. The zero-order chi connectivity index (χ0) is 10.4. The monoisotopic (exact) mass is 194 g/mol. The van der Waals surface area contributed by atoms with Crippen LogP contribution in [-0.4, -0.2) is 19.6 Å². The summed E-state index contributed by atoms with van der Waals surface area (Å²) < 4.78 is 5.13. The highest BCUT2D eigenvalue weighted by Gasteiger charge is 2.05. The van der Waals surface area contributed by atoms with Crippen LogP contribution in [0.1, 0.15) is 12.5 Å². The van der Waals surface area contributed by atoms with Gasteiger partial charge in [-0.1, -0.05) is 17.3 Å². The molecule has 0 saturated carbocycles. The van der Waals surface area contributed by atoms with E-state index in [-0.39, 0.29) is 0 Å². The molecule has 2 N–H and O–H groups in total. The van der Waals surface area contributed by atoms with Gasteiger partial charge in [-0.05, 0) is 19.1 Å². The molecule has 0 fully saturated rings. The minimum absolute atomic E-state index is 0.323. The van der Waals surface area contributed by atoms with Crippen LogP contribution in [0.5, 0.6) is 5.75 Å². The lowest BCUT2D eigenvalue weighted by molar-refractivity contribution is 0.158. The highest BCUT2D eigenvalue weighted by atomic mass is 16.6. The van der Waals surface area contributed by atoms with Crippen LogP contribution in [0.4, 0.5) is 0 Å². The van der Waals surface area contributed by atoms with Crippen molar-refractivity contribution in [3.8, 4) is 5.75 Å². The second kappa shape index (κ2) is 5.11. The molecule has 0 radical (unpaired) electrons. The Balaban J connectivity index is 2.93. The number of ether oxygens (including phenoxy) is 1. The predicted octanol–water partition coefficient (Wildman–Crippen LogP) is 1.35. The third-order valence-corrected chi connectivity index (χ3v) is 1.67. The molecule has 4 heteroatoms. The number of hydrogen-bond donors (Lipinski definition) is 1. The average molecular weight is 194 g/mol. The standard InChI is InChI=1S/C10H14N2O2/c1-3-14-12-10(11)8-6-4-5-7-9(8)13-2/h4-7H,3H2,1-2H3,(H2,11,12). The van der Waals surface area contributed by atoms with Gasteiger partial charge >= 0.3 is 0 Å². The molecule has 0 spiro atoms. The molecule has 0 aliphatic rings. The molecule has 0 atom stereocenters. The number of hydrogen-bond acceptors (Lipinski definition) is 3. The Morgan fingerprint density at radius 3 is 2.79 bits per heavy atom. The molecule has 0 aliphatic heterocycles. The van der Waals surface area contributed by atoms with E-state index < -0.39 is 0 Å². The zero-order valence-corrected chi connectivity index (χ0v) is 8.36. The normalized spacial score (nSPS) is 11.1. The molecule has 1 rings (SSSR count). The maximum absolute atomic E-state index is 5.70. The fraction of sp³-hybridized carbons (Fsp3) is 0.300. The first-order valence-corrected chi connectivity index (χ1v) is 4.38. The highest BCUT2D eigenvalue weighted by molar-refractivity contribution is 5.99. The predicted molar refractivity (Wildman–Crippen MR) is 55.3 cm³/mol. The van der Waals surface area contributed by atoms with E-state index in [9.17, 15) is 0 Å². The Morgan fingerprint density at radius 2 is 2.14 bits per heavy atom. The fourth-order valence-electron chi connectivity index (χ4n) is 1.04. The minimum Gasteiger partial charge on any atom is -0.496 e. The molecule has 0 unspecified atom stereocenters. The summed E-state index contributed by atoms with van der Waals surface area (Å²) in [7, 11) is 1.59. The van der Waals surface area contributed by atoms with Crippen molar-refractivity contribution in [2.24, 2.45) is 10.9 Å². The van der Waals surface area contributed by atoms with Crippen molar-refractivity contribution in [2.75, 3.05) is 13.7 Å². The third kappa shape index (κ3) is 2.39. The summed E-state index contributed by atoms with van der Waals surface area (Å²) in [4.78, 5) is 4.86. The van der Waals surface area contributed by atoms with Crippen LogP contribution in [0.3, 0.4) is 0 Å². The van der Waals surface area contributed by atoms with E-state index in [4.69, 9.17) is 15.3 Å². The summed E-state index contributed by atoms with van der Waals surface area (Å²) in [5.74, 6) is 1.01. The second-order valence-electron chi connectivity index (χ2n) is 2.59. The maximum atomic E-state index is 5.70. The van der Waals surface area contributed by atoms with Crippen molar-refractivity contribution >= 4 is 5.84 Å². The molecule has 1 aromatic rings. The quantitative estimate of drug-likeness (QED) is 0.447. The number of rotatable bonds is 4. The number of methoxy groups -OCH3 is 1. The van der Waals surface area contributed by atoms with Gasteiger partial charge in [0.1, 0.15) is 12.4 Å². The molecule has 1 aromatic carbocycles. The molecule has 0 bridgehead atoms. The van der Waals surface area contributed by atoms with Crippen LogP contribution in [0.25, 0.3) is 0 Å². The largest absolute Gasteiger partial charge is 0.496 e.